The van der Waals surface area contributed by atoms with Crippen molar-refractivity contribution in [3.05, 3.63) is 143 Å². The molecule has 7 aliphatic heterocycles. The molecule has 0 amide bonds. The minimum atomic E-state index is 0.261. The van der Waals surface area contributed by atoms with Gasteiger partial charge in [-0.05, 0) is 42.7 Å². The number of aromatic nitrogens is 11. The zero-order valence-electron chi connectivity index (χ0n) is 49.2. The van der Waals surface area contributed by atoms with Crippen LogP contribution < -0.4 is 40.1 Å². The molecule has 0 saturated heterocycles. The topological polar surface area (TPSA) is 395 Å². The van der Waals surface area contributed by atoms with E-state index in [9.17, 15) is 0 Å². The summed E-state index contributed by atoms with van der Waals surface area (Å²) in [5, 5.41) is 15.2. The maximum absolute atomic E-state index is 5.75. The molecular weight excluding hydrogens is 1330 g/mol. The van der Waals surface area contributed by atoms with Gasteiger partial charge in [0, 0.05) is 155 Å². The fourth-order valence-corrected chi connectivity index (χ4v) is 16.6. The van der Waals surface area contributed by atoms with E-state index in [1.165, 1.54) is 15.3 Å². The first-order valence-corrected chi connectivity index (χ1v) is 37.9. The first kappa shape index (κ1) is 70.0. The number of hydrogen-bond acceptors (Lipinski definition) is 33. The molecule has 8 unspecified atom stereocenters. The van der Waals surface area contributed by atoms with Crippen LogP contribution in [-0.2, 0) is 38.8 Å². The number of nitrogens with zero attached hydrogens (tertiary/aromatic N) is 18. The number of pyridine rings is 2. The van der Waals surface area contributed by atoms with Gasteiger partial charge < -0.3 is 44.7 Å². The molecule has 90 heavy (non-hydrogen) atoms. The van der Waals surface area contributed by atoms with Crippen LogP contribution in [0.4, 0.5) is 0 Å². The lowest BCUT2D eigenvalue weighted by molar-refractivity contribution is 0.532. The lowest BCUT2D eigenvalue weighted by Crippen LogP contribution is -2.19. The van der Waals surface area contributed by atoms with Gasteiger partial charge in [-0.2, -0.15) is 0 Å². The fourth-order valence-electron chi connectivity index (χ4n) is 8.65. The number of hydrogen-bond donors (Lipinski definition) is 7. The van der Waals surface area contributed by atoms with Crippen molar-refractivity contribution in [1.82, 2.24) is 54.4 Å². The number of thioether (sulfide) groups is 8. The third kappa shape index (κ3) is 26.4. The number of imidazole rings is 1. The van der Waals surface area contributed by atoms with Gasteiger partial charge in [-0.25, -0.2) is 9.97 Å². The van der Waals surface area contributed by atoms with E-state index in [-0.39, 0.29) is 12.1 Å². The molecule has 0 fully saturated rings. The van der Waals surface area contributed by atoms with Crippen molar-refractivity contribution in [1.29, 1.82) is 0 Å². The monoisotopic (exact) mass is 1400 g/mol. The van der Waals surface area contributed by atoms with Crippen molar-refractivity contribution in [3.8, 4) is 0 Å². The minimum absolute atomic E-state index is 0.261. The Kier molecular flexibility index (Phi) is 30.2. The fraction of sp³-hybridized carbons (Fsp3) is 0.418. The second-order valence-corrected chi connectivity index (χ2v) is 30.2. The molecule has 14 rings (SSSR count). The highest BCUT2D eigenvalue weighted by Crippen LogP contribution is 2.30. The molecule has 0 radical (unpaired) electrons. The van der Waals surface area contributed by atoms with Crippen LogP contribution in [0.25, 0.3) is 0 Å². The SMILES string of the molecule is CCC1SC(N)=NC1Cc1ccncc1.NC1=NC(CSc2ccncc2)CS1.NC1=NC(Cc2cnccn2)CS1.NC1=NC(Cc2cncs2)CS1.NC1=NC(Cc2cscn2)CS1.NC1=NC(Cn2ccnc2)CS1.NC1=NC(Cn2ccnn2)CS1. The number of aliphatic imine (C=N–C) groups is 7. The van der Waals surface area contributed by atoms with Gasteiger partial charge in [0.15, 0.2) is 36.2 Å². The van der Waals surface area contributed by atoms with Crippen molar-refractivity contribution in [2.24, 2.45) is 75.1 Å². The predicted molar refractivity (Wildman–Crippen MR) is 387 cm³/mol. The van der Waals surface area contributed by atoms with E-state index in [2.05, 4.69) is 92.5 Å². The summed E-state index contributed by atoms with van der Waals surface area (Å²) in [6.07, 6.45) is 28.1. The first-order chi connectivity index (χ1) is 43.9. The molecule has 478 valence electrons. The Hall–Kier alpha value is -5.92. The molecule has 14 heterocycles. The van der Waals surface area contributed by atoms with Gasteiger partial charge >= 0.3 is 0 Å². The van der Waals surface area contributed by atoms with E-state index in [0.717, 1.165) is 118 Å². The summed E-state index contributed by atoms with van der Waals surface area (Å²) in [5.74, 6) is 6.94. The average molecular weight is 1410 g/mol. The van der Waals surface area contributed by atoms with Crippen LogP contribution in [0.15, 0.2) is 161 Å². The molecule has 35 heteroatoms. The van der Waals surface area contributed by atoms with E-state index in [1.807, 2.05) is 83.2 Å². The number of nitrogens with two attached hydrogens (primary N) is 7. The van der Waals surface area contributed by atoms with E-state index in [0.29, 0.717) is 51.0 Å². The smallest absolute Gasteiger partial charge is 0.154 e. The minimum Gasteiger partial charge on any atom is -0.379 e. The third-order valence-corrected chi connectivity index (χ3v) is 22.5. The molecule has 25 nitrogen and oxygen atoms in total. The van der Waals surface area contributed by atoms with E-state index in [4.69, 9.17) is 40.1 Å². The maximum Gasteiger partial charge on any atom is 0.154 e. The Balaban J connectivity index is 0.000000136. The Morgan fingerprint density at radius 1 is 0.500 bits per heavy atom. The summed E-state index contributed by atoms with van der Waals surface area (Å²) in [6.45, 7) is 3.84. The normalized spacial score (nSPS) is 22.7. The van der Waals surface area contributed by atoms with Crippen LogP contribution in [-0.4, -0.2) is 178 Å². The zero-order valence-corrected chi connectivity index (χ0v) is 57.4. The van der Waals surface area contributed by atoms with Crippen molar-refractivity contribution in [2.45, 2.75) is 105 Å². The summed E-state index contributed by atoms with van der Waals surface area (Å²) in [6, 6.07) is 10.4. The van der Waals surface area contributed by atoms with E-state index >= 15 is 0 Å². The summed E-state index contributed by atoms with van der Waals surface area (Å²) >= 11 is 16.5. The summed E-state index contributed by atoms with van der Waals surface area (Å²) < 4.78 is 3.79. The first-order valence-electron chi connectivity index (χ1n) is 28.3. The van der Waals surface area contributed by atoms with Gasteiger partial charge in [-0.3, -0.25) is 64.5 Å². The average Bonchev–Trinajstić information content (AvgIpc) is 4.01. The van der Waals surface area contributed by atoms with Crippen LogP contribution >= 0.6 is 117 Å². The molecule has 14 N–H and O–H groups in total. The van der Waals surface area contributed by atoms with Crippen LogP contribution in [0.2, 0.25) is 0 Å². The van der Waals surface area contributed by atoms with Gasteiger partial charge in [0.2, 0.25) is 0 Å². The summed E-state index contributed by atoms with van der Waals surface area (Å²) in [7, 11) is 0. The lowest BCUT2D eigenvalue weighted by Gasteiger charge is -2.14. The van der Waals surface area contributed by atoms with Crippen LogP contribution in [0.3, 0.4) is 0 Å². The van der Waals surface area contributed by atoms with Gasteiger partial charge in [0.25, 0.3) is 0 Å². The highest BCUT2D eigenvalue weighted by molar-refractivity contribution is 8.15. The lowest BCUT2D eigenvalue weighted by atomic mass is 10.0. The van der Waals surface area contributed by atoms with Crippen LogP contribution in [0.1, 0.15) is 35.2 Å². The molecule has 8 atom stereocenters. The second kappa shape index (κ2) is 38.8. The van der Waals surface area contributed by atoms with E-state index in [1.54, 1.807) is 159 Å². The Morgan fingerprint density at radius 2 is 1.08 bits per heavy atom. The predicted octanol–water partition coefficient (Wildman–Crippen LogP) is 6.14. The van der Waals surface area contributed by atoms with Crippen molar-refractivity contribution < 1.29 is 0 Å². The summed E-state index contributed by atoms with van der Waals surface area (Å²) in [5.41, 5.74) is 46.2. The van der Waals surface area contributed by atoms with Crippen molar-refractivity contribution >= 4 is 153 Å². The second-order valence-electron chi connectivity index (χ2n) is 19.9. The number of rotatable bonds is 16. The number of thiazole rings is 2. The van der Waals surface area contributed by atoms with Crippen molar-refractivity contribution in [2.75, 3.05) is 40.3 Å². The molecule has 7 aliphatic rings. The van der Waals surface area contributed by atoms with Crippen LogP contribution in [0.5, 0.6) is 0 Å². The van der Waals surface area contributed by atoms with Gasteiger partial charge in [-0.1, -0.05) is 94.5 Å². The third-order valence-electron chi connectivity index (χ3n) is 12.8. The van der Waals surface area contributed by atoms with Crippen molar-refractivity contribution in [3.63, 3.8) is 0 Å². The maximum atomic E-state index is 5.75. The van der Waals surface area contributed by atoms with Gasteiger partial charge in [0.05, 0.1) is 83.8 Å². The molecule has 0 spiro atoms. The molecule has 0 bridgehead atoms. The van der Waals surface area contributed by atoms with E-state index < -0.39 is 0 Å². The highest BCUT2D eigenvalue weighted by atomic mass is 32.2. The standard InChI is InChI=1S/C11H15N3S.C9H11N3S2.C8H10N4S.C7H10N4S.2C7H9N3S2.C6H9N5S/c1-2-10-9(14-11(12)15-10)7-8-3-5-13-6-4-8;10-9-12-7(6-14-9)5-13-8-1-3-11-4-2-8;9-8-12-7(5-13-8)3-6-4-10-1-2-11-6;8-7-10-6(4-12-7)3-11-2-1-9-5-11;8-7-10-5(3-11-7)1-6-2-9-4-12-6;8-7-10-6(3-12-7)1-5-2-11-4-9-5;7-6-9-5(4-12-6)3-11-2-1-8-10-11/h3-6,9-10H,2,7H2,1H3,(H2,12,14);1-4,7H,5-6H2,(H2,10,12);1-2,4,7H,3,5H2,(H2,9,12);1-2,5-6H,3-4H2,(H2,8,10);2,4-5H,1,3H2,(H2,8,10);2,4,6H,1,3H2,(H2,8,10);1-2,5H,3-4H2,(H2,7,9). The summed E-state index contributed by atoms with van der Waals surface area (Å²) in [4.78, 5) is 61.0. The molecule has 7 aromatic heterocycles. The van der Waals surface area contributed by atoms with Gasteiger partial charge in [-0.15, -0.1) is 39.5 Å². The molecule has 0 aliphatic carbocycles. The van der Waals surface area contributed by atoms with Gasteiger partial charge in [0.1, 0.15) is 0 Å². The Labute approximate surface area is 565 Å². The highest BCUT2D eigenvalue weighted by Gasteiger charge is 2.28. The quantitative estimate of drug-likeness (QED) is 0.0534. The number of amidine groups is 7. The molecular formula is C55H73N25S10. The molecule has 0 saturated carbocycles. The zero-order chi connectivity index (χ0) is 63.1. The Bertz CT molecular complexity index is 3120. The largest absolute Gasteiger partial charge is 0.379 e. The molecule has 0 aromatic carbocycles. The van der Waals surface area contributed by atoms with Crippen LogP contribution in [0, 0.1) is 0 Å². The molecule has 7 aromatic rings. The Morgan fingerprint density at radius 3 is 1.58 bits per heavy atom.